The van der Waals surface area contributed by atoms with E-state index in [2.05, 4.69) is 0 Å². The number of hydrogen-bond acceptors (Lipinski definition) is 3. The van der Waals surface area contributed by atoms with Gasteiger partial charge in [-0.1, -0.05) is 6.07 Å². The molecule has 3 nitrogen and oxygen atoms in total. The van der Waals surface area contributed by atoms with Crippen LogP contribution in [0.4, 0.5) is 0 Å². The first-order valence-corrected chi connectivity index (χ1v) is 6.64. The van der Waals surface area contributed by atoms with Gasteiger partial charge in [-0.25, -0.2) is 0 Å². The molecule has 0 unspecified atom stereocenters. The molecular formula is C17H16O3. The first kappa shape index (κ1) is 12.7. The molecule has 2 aromatic carbocycles. The molecule has 102 valence electrons. The van der Waals surface area contributed by atoms with Crippen LogP contribution in [0.5, 0.6) is 11.5 Å². The van der Waals surface area contributed by atoms with E-state index in [4.69, 9.17) is 9.47 Å². The van der Waals surface area contributed by atoms with Crippen LogP contribution in [-0.4, -0.2) is 19.5 Å². The number of carbonyl (C=O) groups excluding carboxylic acids is 1. The van der Waals surface area contributed by atoms with Crippen molar-refractivity contribution in [3.8, 4) is 11.5 Å². The predicted molar refractivity (Wildman–Crippen MR) is 76.8 cm³/mol. The van der Waals surface area contributed by atoms with Gasteiger partial charge in [-0.05, 0) is 48.4 Å². The number of methoxy groups -OCH3 is 1. The molecule has 0 aromatic heterocycles. The summed E-state index contributed by atoms with van der Waals surface area (Å²) in [4.78, 5) is 12.6. The van der Waals surface area contributed by atoms with Gasteiger partial charge in [-0.2, -0.15) is 0 Å². The lowest BCUT2D eigenvalue weighted by Gasteiger charge is -2.09. The van der Waals surface area contributed by atoms with Gasteiger partial charge in [0, 0.05) is 12.0 Å². The van der Waals surface area contributed by atoms with Gasteiger partial charge in [-0.15, -0.1) is 0 Å². The highest BCUT2D eigenvalue weighted by molar-refractivity contribution is 6.11. The molecule has 20 heavy (non-hydrogen) atoms. The van der Waals surface area contributed by atoms with E-state index >= 15 is 0 Å². The molecule has 1 heterocycles. The van der Waals surface area contributed by atoms with E-state index < -0.39 is 0 Å². The van der Waals surface area contributed by atoms with Crippen LogP contribution in [-0.2, 0) is 6.42 Å². The number of fused-ring (bicyclic) bond motifs is 1. The summed E-state index contributed by atoms with van der Waals surface area (Å²) in [5.41, 5.74) is 3.44. The third kappa shape index (κ3) is 2.16. The summed E-state index contributed by atoms with van der Waals surface area (Å²) in [5.74, 6) is 1.49. The fourth-order valence-corrected chi connectivity index (χ4v) is 2.47. The lowest BCUT2D eigenvalue weighted by Crippen LogP contribution is -2.04. The normalized spacial score (nSPS) is 12.7. The van der Waals surface area contributed by atoms with Crippen molar-refractivity contribution < 1.29 is 14.3 Å². The molecule has 0 saturated heterocycles. The Kier molecular flexibility index (Phi) is 3.18. The lowest BCUT2D eigenvalue weighted by molar-refractivity contribution is 0.103. The van der Waals surface area contributed by atoms with E-state index in [9.17, 15) is 4.79 Å². The Labute approximate surface area is 118 Å². The molecule has 0 atom stereocenters. The molecule has 0 spiro atoms. The van der Waals surface area contributed by atoms with Crippen LogP contribution < -0.4 is 9.47 Å². The highest BCUT2D eigenvalue weighted by atomic mass is 16.5. The van der Waals surface area contributed by atoms with Crippen molar-refractivity contribution in [2.45, 2.75) is 13.3 Å². The summed E-state index contributed by atoms with van der Waals surface area (Å²) in [6.45, 7) is 2.67. The van der Waals surface area contributed by atoms with Crippen LogP contribution in [0, 0.1) is 6.92 Å². The zero-order valence-corrected chi connectivity index (χ0v) is 11.6. The first-order valence-electron chi connectivity index (χ1n) is 6.64. The number of ether oxygens (including phenoxy) is 2. The quantitative estimate of drug-likeness (QED) is 0.802. The van der Waals surface area contributed by atoms with Crippen molar-refractivity contribution in [2.24, 2.45) is 0 Å². The Morgan fingerprint density at radius 3 is 2.85 bits per heavy atom. The Morgan fingerprint density at radius 1 is 1.20 bits per heavy atom. The summed E-state index contributed by atoms with van der Waals surface area (Å²) in [6, 6.07) is 11.2. The molecule has 1 aliphatic rings. The number of rotatable bonds is 3. The second-order valence-corrected chi connectivity index (χ2v) is 4.95. The highest BCUT2D eigenvalue weighted by Crippen LogP contribution is 2.28. The van der Waals surface area contributed by atoms with Crippen LogP contribution in [0.3, 0.4) is 0 Å². The molecule has 0 aliphatic carbocycles. The molecule has 2 aromatic rings. The minimum absolute atomic E-state index is 0.0171. The van der Waals surface area contributed by atoms with Crippen molar-refractivity contribution in [2.75, 3.05) is 13.7 Å². The molecule has 0 radical (unpaired) electrons. The molecule has 0 fully saturated rings. The lowest BCUT2D eigenvalue weighted by atomic mass is 9.99. The maximum absolute atomic E-state index is 12.6. The average Bonchev–Trinajstić information content (AvgIpc) is 2.93. The van der Waals surface area contributed by atoms with E-state index in [1.165, 1.54) is 0 Å². The zero-order valence-electron chi connectivity index (χ0n) is 11.6. The first-order chi connectivity index (χ1) is 9.69. The van der Waals surface area contributed by atoms with Crippen LogP contribution in [0.2, 0.25) is 0 Å². The molecule has 3 heteroatoms. The minimum Gasteiger partial charge on any atom is -0.496 e. The molecule has 0 N–H and O–H groups in total. The number of hydrogen-bond donors (Lipinski definition) is 0. The highest BCUT2D eigenvalue weighted by Gasteiger charge is 2.18. The minimum atomic E-state index is -0.0171. The van der Waals surface area contributed by atoms with Crippen LogP contribution in [0.25, 0.3) is 0 Å². The van der Waals surface area contributed by atoms with Crippen molar-refractivity contribution in [3.05, 3.63) is 58.7 Å². The maximum Gasteiger partial charge on any atom is 0.196 e. The van der Waals surface area contributed by atoms with Gasteiger partial charge in [-0.3, -0.25) is 4.79 Å². The number of carbonyl (C=O) groups is 1. The van der Waals surface area contributed by atoms with Crippen molar-refractivity contribution in [1.29, 1.82) is 0 Å². The van der Waals surface area contributed by atoms with Gasteiger partial charge < -0.3 is 9.47 Å². The number of ketones is 1. The van der Waals surface area contributed by atoms with Gasteiger partial charge in [0.25, 0.3) is 0 Å². The fraction of sp³-hybridized carbons (Fsp3) is 0.235. The largest absolute Gasteiger partial charge is 0.496 e. The summed E-state index contributed by atoms with van der Waals surface area (Å²) in [7, 11) is 1.59. The van der Waals surface area contributed by atoms with E-state index in [-0.39, 0.29) is 5.78 Å². The zero-order chi connectivity index (χ0) is 14.1. The standard InChI is InChI=1S/C17H16O3/c1-11-3-5-14(16(9-11)19-2)17(18)13-4-6-15-12(10-13)7-8-20-15/h3-6,9-10H,7-8H2,1-2H3. The maximum atomic E-state index is 12.6. The van der Waals surface area contributed by atoms with Gasteiger partial charge in [0.15, 0.2) is 5.78 Å². The molecule has 1 aliphatic heterocycles. The Hall–Kier alpha value is -2.29. The summed E-state index contributed by atoms with van der Waals surface area (Å²) >= 11 is 0. The summed E-state index contributed by atoms with van der Waals surface area (Å²) in [6.07, 6.45) is 0.863. The third-order valence-electron chi connectivity index (χ3n) is 3.55. The Morgan fingerprint density at radius 2 is 2.05 bits per heavy atom. The predicted octanol–water partition coefficient (Wildman–Crippen LogP) is 3.17. The Balaban J connectivity index is 2.00. The summed E-state index contributed by atoms with van der Waals surface area (Å²) < 4.78 is 10.8. The molecule has 0 amide bonds. The van der Waals surface area contributed by atoms with Crippen LogP contribution in [0.15, 0.2) is 36.4 Å². The van der Waals surface area contributed by atoms with Gasteiger partial charge in [0.2, 0.25) is 0 Å². The molecule has 0 bridgehead atoms. The smallest absolute Gasteiger partial charge is 0.196 e. The molecule has 3 rings (SSSR count). The number of benzene rings is 2. The monoisotopic (exact) mass is 268 g/mol. The fourth-order valence-electron chi connectivity index (χ4n) is 2.47. The topological polar surface area (TPSA) is 35.5 Å². The SMILES string of the molecule is COc1cc(C)ccc1C(=O)c1ccc2c(c1)CCO2. The molecule has 0 saturated carbocycles. The average molecular weight is 268 g/mol. The second kappa shape index (κ2) is 5.00. The van der Waals surface area contributed by atoms with Crippen molar-refractivity contribution >= 4 is 5.78 Å². The van der Waals surface area contributed by atoms with Crippen molar-refractivity contribution in [1.82, 2.24) is 0 Å². The van der Waals surface area contributed by atoms with E-state index in [1.807, 2.05) is 43.3 Å². The van der Waals surface area contributed by atoms with Gasteiger partial charge in [0.1, 0.15) is 11.5 Å². The Bertz CT molecular complexity index is 674. The van der Waals surface area contributed by atoms with Crippen molar-refractivity contribution in [3.63, 3.8) is 0 Å². The summed E-state index contributed by atoms with van der Waals surface area (Å²) in [5, 5.41) is 0. The van der Waals surface area contributed by atoms with Gasteiger partial charge >= 0.3 is 0 Å². The number of aryl methyl sites for hydroxylation is 1. The van der Waals surface area contributed by atoms with Crippen LogP contribution >= 0.6 is 0 Å². The third-order valence-corrected chi connectivity index (χ3v) is 3.55. The van der Waals surface area contributed by atoms with E-state index in [0.717, 1.165) is 23.3 Å². The second-order valence-electron chi connectivity index (χ2n) is 4.95. The van der Waals surface area contributed by atoms with Gasteiger partial charge in [0.05, 0.1) is 19.3 Å². The van der Waals surface area contributed by atoms with Crippen LogP contribution in [0.1, 0.15) is 27.0 Å². The van der Waals surface area contributed by atoms with E-state index in [0.29, 0.717) is 23.5 Å². The van der Waals surface area contributed by atoms with E-state index in [1.54, 1.807) is 7.11 Å². The molecular weight excluding hydrogens is 252 g/mol.